The first-order valence-corrected chi connectivity index (χ1v) is 6.62. The molecule has 0 aliphatic rings. The highest BCUT2D eigenvalue weighted by molar-refractivity contribution is 9.10. The second-order valence-electron chi connectivity index (χ2n) is 4.04. The van der Waals surface area contributed by atoms with Crippen molar-refractivity contribution in [1.82, 2.24) is 0 Å². The Bertz CT molecular complexity index is 652. The van der Waals surface area contributed by atoms with Crippen LogP contribution in [0.4, 0.5) is 0 Å². The summed E-state index contributed by atoms with van der Waals surface area (Å²) in [5, 5.41) is 9.35. The van der Waals surface area contributed by atoms with Crippen LogP contribution in [0.1, 0.15) is 10.4 Å². The minimum absolute atomic E-state index is 0.200. The van der Waals surface area contributed by atoms with Crippen LogP contribution in [0, 0.1) is 0 Å². The van der Waals surface area contributed by atoms with Gasteiger partial charge in [0.15, 0.2) is 11.5 Å². The third-order valence-corrected chi connectivity index (χ3v) is 3.40. The molecule has 0 fully saturated rings. The zero-order valence-electron chi connectivity index (χ0n) is 11.0. The first kappa shape index (κ1) is 14.4. The monoisotopic (exact) mass is 336 g/mol. The summed E-state index contributed by atoms with van der Waals surface area (Å²) in [5.41, 5.74) is 1.46. The van der Waals surface area contributed by atoms with Crippen LogP contribution in [0.15, 0.2) is 40.9 Å². The summed E-state index contributed by atoms with van der Waals surface area (Å²) in [5.74, 6) is 0.0789. The zero-order valence-corrected chi connectivity index (χ0v) is 12.6. The smallest absolute Gasteiger partial charge is 0.336 e. The lowest BCUT2D eigenvalue weighted by molar-refractivity contribution is 0.0697. The fourth-order valence-corrected chi connectivity index (χ4v) is 2.39. The molecule has 0 aliphatic carbocycles. The average Bonchev–Trinajstić information content (AvgIpc) is 2.46. The van der Waals surface area contributed by atoms with E-state index >= 15 is 0 Å². The summed E-state index contributed by atoms with van der Waals surface area (Å²) in [6.07, 6.45) is 0. The van der Waals surface area contributed by atoms with Crippen molar-refractivity contribution in [2.24, 2.45) is 0 Å². The molecule has 0 saturated carbocycles. The topological polar surface area (TPSA) is 55.8 Å². The number of rotatable bonds is 4. The van der Waals surface area contributed by atoms with E-state index in [9.17, 15) is 9.90 Å². The van der Waals surface area contributed by atoms with Gasteiger partial charge in [-0.05, 0) is 18.2 Å². The van der Waals surface area contributed by atoms with Crippen molar-refractivity contribution >= 4 is 21.9 Å². The summed E-state index contributed by atoms with van der Waals surface area (Å²) in [6.45, 7) is 0. The Morgan fingerprint density at radius 3 is 2.45 bits per heavy atom. The van der Waals surface area contributed by atoms with Gasteiger partial charge in [0.1, 0.15) is 0 Å². The number of halogens is 1. The van der Waals surface area contributed by atoms with Gasteiger partial charge in [0, 0.05) is 15.6 Å². The molecule has 0 heterocycles. The predicted molar refractivity (Wildman–Crippen MR) is 79.6 cm³/mol. The maximum absolute atomic E-state index is 11.4. The molecule has 5 heteroatoms. The molecule has 2 aromatic rings. The van der Waals surface area contributed by atoms with E-state index in [1.807, 2.05) is 0 Å². The van der Waals surface area contributed by atoms with E-state index in [0.717, 1.165) is 0 Å². The van der Waals surface area contributed by atoms with E-state index in [2.05, 4.69) is 15.9 Å². The van der Waals surface area contributed by atoms with E-state index in [1.165, 1.54) is 7.11 Å². The molecule has 0 spiro atoms. The first-order chi connectivity index (χ1) is 9.58. The fraction of sp³-hybridized carbons (Fsp3) is 0.133. The molecule has 104 valence electrons. The molecule has 4 nitrogen and oxygen atoms in total. The lowest BCUT2D eigenvalue weighted by Gasteiger charge is -2.14. The van der Waals surface area contributed by atoms with Crippen molar-refractivity contribution in [1.29, 1.82) is 0 Å². The largest absolute Gasteiger partial charge is 0.493 e. The van der Waals surface area contributed by atoms with E-state index in [-0.39, 0.29) is 5.56 Å². The van der Waals surface area contributed by atoms with Crippen LogP contribution in [-0.4, -0.2) is 25.3 Å². The highest BCUT2D eigenvalue weighted by atomic mass is 79.9. The number of ether oxygens (including phenoxy) is 2. The van der Waals surface area contributed by atoms with Crippen LogP contribution in [-0.2, 0) is 0 Å². The number of hydrogen-bond acceptors (Lipinski definition) is 3. The van der Waals surface area contributed by atoms with Gasteiger partial charge < -0.3 is 14.6 Å². The molecule has 0 atom stereocenters. The number of methoxy groups -OCH3 is 2. The van der Waals surface area contributed by atoms with Crippen molar-refractivity contribution in [3.63, 3.8) is 0 Å². The highest BCUT2D eigenvalue weighted by Gasteiger charge is 2.17. The Labute approximate surface area is 125 Å². The van der Waals surface area contributed by atoms with E-state index in [0.29, 0.717) is 27.1 Å². The minimum atomic E-state index is -0.994. The molecule has 20 heavy (non-hydrogen) atoms. The SMILES string of the molecule is COc1cccc(-c2ccc(Br)cc2C(=O)O)c1OC. The molecule has 1 N–H and O–H groups in total. The van der Waals surface area contributed by atoms with Gasteiger partial charge in [-0.2, -0.15) is 0 Å². The Morgan fingerprint density at radius 2 is 1.85 bits per heavy atom. The third kappa shape index (κ3) is 2.63. The van der Waals surface area contributed by atoms with Crippen LogP contribution in [0.25, 0.3) is 11.1 Å². The standard InChI is InChI=1S/C15H13BrO4/c1-19-13-5-3-4-11(14(13)20-2)10-7-6-9(16)8-12(10)15(17)18/h3-8H,1-2H3,(H,17,18). The van der Waals surface area contributed by atoms with Crippen molar-refractivity contribution in [2.45, 2.75) is 0 Å². The number of carboxylic acids is 1. The molecule has 2 aromatic carbocycles. The second-order valence-corrected chi connectivity index (χ2v) is 4.95. The van der Waals surface area contributed by atoms with Crippen molar-refractivity contribution in [3.05, 3.63) is 46.4 Å². The first-order valence-electron chi connectivity index (χ1n) is 5.82. The maximum Gasteiger partial charge on any atom is 0.336 e. The quantitative estimate of drug-likeness (QED) is 0.921. The Hall–Kier alpha value is -2.01. The number of carbonyl (C=O) groups is 1. The number of para-hydroxylation sites is 1. The van der Waals surface area contributed by atoms with Gasteiger partial charge in [-0.3, -0.25) is 0 Å². The molecular formula is C15H13BrO4. The molecule has 0 radical (unpaired) electrons. The number of carboxylic acid groups (broad SMARTS) is 1. The summed E-state index contributed by atoms with van der Waals surface area (Å²) in [4.78, 5) is 11.4. The van der Waals surface area contributed by atoms with Crippen LogP contribution < -0.4 is 9.47 Å². The Balaban J connectivity index is 2.71. The van der Waals surface area contributed by atoms with Gasteiger partial charge in [-0.1, -0.05) is 34.1 Å². The number of hydrogen-bond donors (Lipinski definition) is 1. The van der Waals surface area contributed by atoms with E-state index in [4.69, 9.17) is 9.47 Å². The summed E-state index contributed by atoms with van der Waals surface area (Å²) >= 11 is 3.28. The molecule has 0 bridgehead atoms. The van der Waals surface area contributed by atoms with Crippen LogP contribution in [0.2, 0.25) is 0 Å². The average molecular weight is 337 g/mol. The molecule has 2 rings (SSSR count). The van der Waals surface area contributed by atoms with Gasteiger partial charge in [-0.15, -0.1) is 0 Å². The highest BCUT2D eigenvalue weighted by Crippen LogP contribution is 2.39. The molecule has 0 aromatic heterocycles. The number of benzene rings is 2. The summed E-state index contributed by atoms with van der Waals surface area (Å²) < 4.78 is 11.3. The van der Waals surface area contributed by atoms with Crippen LogP contribution in [0.3, 0.4) is 0 Å². The van der Waals surface area contributed by atoms with Crippen molar-refractivity contribution in [3.8, 4) is 22.6 Å². The molecule has 0 saturated heterocycles. The Kier molecular flexibility index (Phi) is 4.29. The van der Waals surface area contributed by atoms with Gasteiger partial charge in [-0.25, -0.2) is 4.79 Å². The van der Waals surface area contributed by atoms with Gasteiger partial charge in [0.05, 0.1) is 19.8 Å². The lowest BCUT2D eigenvalue weighted by Crippen LogP contribution is -2.01. The summed E-state index contributed by atoms with van der Waals surface area (Å²) in [6, 6.07) is 10.5. The minimum Gasteiger partial charge on any atom is -0.493 e. The lowest BCUT2D eigenvalue weighted by atomic mass is 9.98. The van der Waals surface area contributed by atoms with Crippen molar-refractivity contribution in [2.75, 3.05) is 14.2 Å². The van der Waals surface area contributed by atoms with Crippen LogP contribution in [0.5, 0.6) is 11.5 Å². The van der Waals surface area contributed by atoms with Gasteiger partial charge in [0.25, 0.3) is 0 Å². The van der Waals surface area contributed by atoms with Gasteiger partial charge in [0.2, 0.25) is 0 Å². The summed E-state index contributed by atoms with van der Waals surface area (Å²) in [7, 11) is 3.07. The van der Waals surface area contributed by atoms with Crippen LogP contribution >= 0.6 is 15.9 Å². The predicted octanol–water partition coefficient (Wildman–Crippen LogP) is 3.83. The fourth-order valence-electron chi connectivity index (χ4n) is 2.03. The molecule has 0 amide bonds. The normalized spacial score (nSPS) is 10.2. The molecular weight excluding hydrogens is 324 g/mol. The maximum atomic E-state index is 11.4. The Morgan fingerprint density at radius 1 is 1.10 bits per heavy atom. The van der Waals surface area contributed by atoms with E-state index in [1.54, 1.807) is 43.5 Å². The molecule has 0 unspecified atom stereocenters. The van der Waals surface area contributed by atoms with E-state index < -0.39 is 5.97 Å². The number of aromatic carboxylic acids is 1. The third-order valence-electron chi connectivity index (χ3n) is 2.91. The molecule has 0 aliphatic heterocycles. The second kappa shape index (κ2) is 5.96. The van der Waals surface area contributed by atoms with Gasteiger partial charge >= 0.3 is 5.97 Å². The van der Waals surface area contributed by atoms with Crippen molar-refractivity contribution < 1.29 is 19.4 Å². The zero-order chi connectivity index (χ0) is 14.7.